The number of halogens is 4. The molecule has 1 fully saturated rings. The molecule has 5 rings (SSSR count). The van der Waals surface area contributed by atoms with Gasteiger partial charge in [-0.25, -0.2) is 18.7 Å². The van der Waals surface area contributed by atoms with Crippen molar-refractivity contribution in [1.82, 2.24) is 24.6 Å². The molecule has 0 unspecified atom stereocenters. The third kappa shape index (κ3) is 3.31. The molecule has 1 saturated carbocycles. The lowest BCUT2D eigenvalue weighted by molar-refractivity contribution is -0.140. The molecule has 31 heavy (non-hydrogen) atoms. The predicted molar refractivity (Wildman–Crippen MR) is 101 cm³/mol. The Morgan fingerprint density at radius 3 is 2.68 bits per heavy atom. The summed E-state index contributed by atoms with van der Waals surface area (Å²) in [6.07, 6.45) is 0.103. The van der Waals surface area contributed by atoms with Gasteiger partial charge in [-0.05, 0) is 42.0 Å². The van der Waals surface area contributed by atoms with E-state index in [-0.39, 0.29) is 23.1 Å². The van der Waals surface area contributed by atoms with E-state index in [4.69, 9.17) is 0 Å². The fourth-order valence-corrected chi connectivity index (χ4v) is 3.84. The van der Waals surface area contributed by atoms with Crippen LogP contribution in [0.4, 0.5) is 17.6 Å². The number of rotatable bonds is 3. The first kappa shape index (κ1) is 19.2. The van der Waals surface area contributed by atoms with Crippen LogP contribution in [0.15, 0.2) is 52.4 Å². The molecule has 2 atom stereocenters. The third-order valence-electron chi connectivity index (χ3n) is 5.40. The number of imidazole rings is 1. The maximum absolute atomic E-state index is 13.6. The normalized spacial score (nSPS) is 18.5. The van der Waals surface area contributed by atoms with E-state index in [1.165, 1.54) is 23.0 Å². The number of aromatic nitrogens is 5. The van der Waals surface area contributed by atoms with Gasteiger partial charge >= 0.3 is 11.9 Å². The van der Waals surface area contributed by atoms with Gasteiger partial charge in [-0.2, -0.15) is 18.3 Å². The van der Waals surface area contributed by atoms with E-state index < -0.39 is 28.8 Å². The summed E-state index contributed by atoms with van der Waals surface area (Å²) in [6, 6.07) is 4.67. The highest BCUT2D eigenvalue weighted by atomic mass is 19.4. The van der Waals surface area contributed by atoms with Crippen LogP contribution in [0.5, 0.6) is 0 Å². The van der Waals surface area contributed by atoms with E-state index in [1.807, 2.05) is 0 Å². The molecule has 0 bridgehead atoms. The molecule has 11 heteroatoms. The average molecular weight is 431 g/mol. The van der Waals surface area contributed by atoms with Gasteiger partial charge in [0, 0.05) is 24.2 Å². The highest BCUT2D eigenvalue weighted by Crippen LogP contribution is 2.56. The maximum Gasteiger partial charge on any atom is 0.419 e. The minimum absolute atomic E-state index is 0.134. The van der Waals surface area contributed by atoms with Crippen LogP contribution >= 0.6 is 0 Å². The lowest BCUT2D eigenvalue weighted by Gasteiger charge is -2.11. The van der Waals surface area contributed by atoms with Gasteiger partial charge in [0.25, 0.3) is 5.56 Å². The standard InChI is InChI=1S/C20H13F4N5O2/c21-15-2-1-9(5-14(15)20(22,23)24)10-6-11(10)12-7-16(28-29-4-3-25-17(12)29)13-8-26-19(31)27-18(13)30/h1-5,7-8,10-11H,6H2,(H2,26,27,30,31)/t10-,11+/m1/s1. The van der Waals surface area contributed by atoms with E-state index in [9.17, 15) is 27.2 Å². The van der Waals surface area contributed by atoms with Crippen LogP contribution in [0.2, 0.25) is 0 Å². The summed E-state index contributed by atoms with van der Waals surface area (Å²) in [7, 11) is 0. The van der Waals surface area contributed by atoms with Crippen molar-refractivity contribution in [2.24, 2.45) is 0 Å². The Hall–Kier alpha value is -3.76. The monoisotopic (exact) mass is 431 g/mol. The van der Waals surface area contributed by atoms with Crippen molar-refractivity contribution < 1.29 is 17.6 Å². The molecule has 3 aromatic heterocycles. The molecular formula is C20H13F4N5O2. The summed E-state index contributed by atoms with van der Waals surface area (Å²) < 4.78 is 54.4. The molecule has 3 heterocycles. The van der Waals surface area contributed by atoms with E-state index in [0.29, 0.717) is 23.2 Å². The molecule has 0 aliphatic heterocycles. The molecule has 1 aliphatic rings. The number of hydrogen-bond donors (Lipinski definition) is 2. The van der Waals surface area contributed by atoms with Crippen LogP contribution in [-0.4, -0.2) is 24.6 Å². The Morgan fingerprint density at radius 2 is 1.94 bits per heavy atom. The van der Waals surface area contributed by atoms with Crippen molar-refractivity contribution in [2.45, 2.75) is 24.4 Å². The van der Waals surface area contributed by atoms with Gasteiger partial charge < -0.3 is 4.98 Å². The zero-order valence-corrected chi connectivity index (χ0v) is 15.6. The fraction of sp³-hybridized carbons (Fsp3) is 0.200. The number of nitrogens with zero attached hydrogens (tertiary/aromatic N) is 3. The van der Waals surface area contributed by atoms with E-state index in [0.717, 1.165) is 12.1 Å². The van der Waals surface area contributed by atoms with Crippen molar-refractivity contribution >= 4 is 5.65 Å². The molecule has 0 spiro atoms. The lowest BCUT2D eigenvalue weighted by atomic mass is 10.0. The van der Waals surface area contributed by atoms with Gasteiger partial charge in [-0.15, -0.1) is 0 Å². The molecule has 4 aromatic rings. The van der Waals surface area contributed by atoms with Crippen LogP contribution < -0.4 is 11.2 Å². The highest BCUT2D eigenvalue weighted by Gasteiger charge is 2.43. The Kier molecular flexibility index (Phi) is 4.11. The van der Waals surface area contributed by atoms with Gasteiger partial charge in [0.15, 0.2) is 5.65 Å². The van der Waals surface area contributed by atoms with Crippen LogP contribution in [0.25, 0.3) is 16.9 Å². The molecule has 2 N–H and O–H groups in total. The van der Waals surface area contributed by atoms with Crippen LogP contribution in [0, 0.1) is 5.82 Å². The smallest absolute Gasteiger partial charge is 0.313 e. The SMILES string of the molecule is O=c1[nH]cc(-c2cc([C@H]3C[C@@H]3c3ccc(F)c(C(F)(F)F)c3)c3nccn3n2)c(=O)[nH]1. The van der Waals surface area contributed by atoms with Crippen molar-refractivity contribution in [2.75, 3.05) is 0 Å². The molecule has 7 nitrogen and oxygen atoms in total. The minimum Gasteiger partial charge on any atom is -0.313 e. The molecule has 0 amide bonds. The molecule has 1 aliphatic carbocycles. The minimum atomic E-state index is -4.78. The second kappa shape index (κ2) is 6.62. The van der Waals surface area contributed by atoms with E-state index >= 15 is 0 Å². The zero-order chi connectivity index (χ0) is 21.9. The largest absolute Gasteiger partial charge is 0.419 e. The zero-order valence-electron chi connectivity index (χ0n) is 15.6. The van der Waals surface area contributed by atoms with E-state index in [1.54, 1.807) is 12.3 Å². The number of hydrogen-bond acceptors (Lipinski definition) is 4. The first-order valence-corrected chi connectivity index (χ1v) is 9.25. The van der Waals surface area contributed by atoms with Gasteiger partial charge in [-0.3, -0.25) is 9.78 Å². The van der Waals surface area contributed by atoms with Crippen LogP contribution in [-0.2, 0) is 6.18 Å². The first-order chi connectivity index (χ1) is 14.7. The van der Waals surface area contributed by atoms with Gasteiger partial charge in [0.05, 0.1) is 16.8 Å². The van der Waals surface area contributed by atoms with Gasteiger partial charge in [0.1, 0.15) is 5.82 Å². The summed E-state index contributed by atoms with van der Waals surface area (Å²) in [5, 5.41) is 4.34. The van der Waals surface area contributed by atoms with Crippen molar-refractivity contribution in [3.05, 3.63) is 86.2 Å². The van der Waals surface area contributed by atoms with Crippen molar-refractivity contribution in [3.63, 3.8) is 0 Å². The summed E-state index contributed by atoms with van der Waals surface area (Å²) in [4.78, 5) is 32.3. The lowest BCUT2D eigenvalue weighted by Crippen LogP contribution is -2.23. The average Bonchev–Trinajstić information content (AvgIpc) is 3.35. The number of alkyl halides is 3. The third-order valence-corrected chi connectivity index (χ3v) is 5.40. The fourth-order valence-electron chi connectivity index (χ4n) is 3.84. The number of H-pyrrole nitrogens is 2. The van der Waals surface area contributed by atoms with Crippen LogP contribution in [0.3, 0.4) is 0 Å². The Morgan fingerprint density at radius 1 is 1.13 bits per heavy atom. The summed E-state index contributed by atoms with van der Waals surface area (Å²) in [5.74, 6) is -1.75. The van der Waals surface area contributed by atoms with E-state index in [2.05, 4.69) is 20.1 Å². The van der Waals surface area contributed by atoms with Crippen LogP contribution in [0.1, 0.15) is 34.9 Å². The molecule has 0 saturated heterocycles. The molecule has 1 aromatic carbocycles. The van der Waals surface area contributed by atoms with Gasteiger partial charge in [0.2, 0.25) is 0 Å². The number of fused-ring (bicyclic) bond motifs is 1. The summed E-state index contributed by atoms with van der Waals surface area (Å²) in [5.41, 5.74) is -0.577. The van der Waals surface area contributed by atoms with Crippen molar-refractivity contribution in [3.8, 4) is 11.3 Å². The maximum atomic E-state index is 13.6. The molecular weight excluding hydrogens is 418 g/mol. The second-order valence-corrected chi connectivity index (χ2v) is 7.35. The predicted octanol–water partition coefficient (Wildman–Crippen LogP) is 3.20. The Bertz CT molecular complexity index is 1440. The highest BCUT2D eigenvalue weighted by molar-refractivity contribution is 5.63. The summed E-state index contributed by atoms with van der Waals surface area (Å²) >= 11 is 0. The Balaban J connectivity index is 1.57. The van der Waals surface area contributed by atoms with Crippen molar-refractivity contribution in [1.29, 1.82) is 0 Å². The number of aromatic amines is 2. The number of nitrogens with one attached hydrogen (secondary N) is 2. The summed E-state index contributed by atoms with van der Waals surface area (Å²) in [6.45, 7) is 0. The molecule has 0 radical (unpaired) electrons. The Labute approximate surface area is 170 Å². The molecule has 158 valence electrons. The first-order valence-electron chi connectivity index (χ1n) is 9.25. The second-order valence-electron chi connectivity index (χ2n) is 7.35. The van der Waals surface area contributed by atoms with Gasteiger partial charge in [-0.1, -0.05) is 6.07 Å². The topological polar surface area (TPSA) is 95.9 Å². The number of benzene rings is 1. The quantitative estimate of drug-likeness (QED) is 0.487.